The van der Waals surface area contributed by atoms with Gasteiger partial charge in [0, 0.05) is 12.3 Å². The lowest BCUT2D eigenvalue weighted by Crippen LogP contribution is -2.27. The van der Waals surface area contributed by atoms with Gasteiger partial charge >= 0.3 is 0 Å². The number of rotatable bonds is 5. The molecule has 5 nitrogen and oxygen atoms in total. The Bertz CT molecular complexity index is 768. The highest BCUT2D eigenvalue weighted by Gasteiger charge is 2.03. The number of anilines is 1. The first-order valence-corrected chi connectivity index (χ1v) is 7.45. The maximum atomic E-state index is 12.9. The zero-order chi connectivity index (χ0) is 16.1. The molecule has 0 saturated heterocycles. The van der Waals surface area contributed by atoms with Crippen LogP contribution in [0.3, 0.4) is 0 Å². The van der Waals surface area contributed by atoms with Crippen LogP contribution in [0.2, 0.25) is 0 Å². The Hall–Kier alpha value is -2.67. The number of benzene rings is 1. The van der Waals surface area contributed by atoms with E-state index < -0.39 is 0 Å². The van der Waals surface area contributed by atoms with Gasteiger partial charge in [-0.15, -0.1) is 0 Å². The SMILES string of the molecule is Fc1ccc(Cn2ccc(NC(=S)NCc3ccco3)n2)cc1. The predicted molar refractivity (Wildman–Crippen MR) is 89.5 cm³/mol. The van der Waals surface area contributed by atoms with Crippen molar-refractivity contribution in [3.05, 3.63) is 72.1 Å². The van der Waals surface area contributed by atoms with Gasteiger partial charge in [0.2, 0.25) is 0 Å². The molecule has 0 unspecified atom stereocenters. The lowest BCUT2D eigenvalue weighted by Gasteiger charge is -2.07. The van der Waals surface area contributed by atoms with E-state index in [1.807, 2.05) is 24.4 Å². The number of thiocarbonyl (C=S) groups is 1. The molecule has 118 valence electrons. The van der Waals surface area contributed by atoms with Crippen molar-refractivity contribution in [2.45, 2.75) is 13.1 Å². The molecule has 1 aromatic carbocycles. The molecule has 0 fully saturated rings. The fraction of sp³-hybridized carbons (Fsp3) is 0.125. The molecular weight excluding hydrogens is 315 g/mol. The first-order valence-electron chi connectivity index (χ1n) is 7.04. The molecule has 2 aromatic heterocycles. The minimum atomic E-state index is -0.246. The Kier molecular flexibility index (Phi) is 4.68. The van der Waals surface area contributed by atoms with Gasteiger partial charge in [0.25, 0.3) is 0 Å². The number of hydrogen-bond acceptors (Lipinski definition) is 3. The fourth-order valence-corrected chi connectivity index (χ4v) is 2.21. The van der Waals surface area contributed by atoms with Crippen molar-refractivity contribution in [1.29, 1.82) is 0 Å². The van der Waals surface area contributed by atoms with Crippen LogP contribution in [0.5, 0.6) is 0 Å². The van der Waals surface area contributed by atoms with Gasteiger partial charge in [0.1, 0.15) is 11.6 Å². The number of hydrogen-bond donors (Lipinski definition) is 2. The van der Waals surface area contributed by atoms with Crippen LogP contribution >= 0.6 is 12.2 Å². The predicted octanol–water partition coefficient (Wildman–Crippen LogP) is 3.15. The average molecular weight is 330 g/mol. The number of aromatic nitrogens is 2. The summed E-state index contributed by atoms with van der Waals surface area (Å²) in [5.74, 6) is 1.20. The second-order valence-electron chi connectivity index (χ2n) is 4.91. The molecule has 0 bridgehead atoms. The quantitative estimate of drug-likeness (QED) is 0.704. The smallest absolute Gasteiger partial charge is 0.172 e. The monoisotopic (exact) mass is 330 g/mol. The van der Waals surface area contributed by atoms with E-state index in [-0.39, 0.29) is 5.82 Å². The Morgan fingerprint density at radius 1 is 1.22 bits per heavy atom. The van der Waals surface area contributed by atoms with Crippen molar-refractivity contribution in [1.82, 2.24) is 15.1 Å². The minimum absolute atomic E-state index is 0.246. The van der Waals surface area contributed by atoms with Gasteiger partial charge in [0.05, 0.1) is 19.4 Å². The Morgan fingerprint density at radius 2 is 2.04 bits per heavy atom. The van der Waals surface area contributed by atoms with Crippen LogP contribution in [0.15, 0.2) is 59.3 Å². The molecule has 0 aliphatic carbocycles. The van der Waals surface area contributed by atoms with Crippen molar-refractivity contribution in [3.63, 3.8) is 0 Å². The molecule has 3 rings (SSSR count). The molecule has 0 atom stereocenters. The molecule has 0 radical (unpaired) electrons. The molecule has 0 amide bonds. The van der Waals surface area contributed by atoms with Crippen molar-refractivity contribution in [2.24, 2.45) is 0 Å². The van der Waals surface area contributed by atoms with Crippen LogP contribution in [0.4, 0.5) is 10.2 Å². The Balaban J connectivity index is 1.52. The largest absolute Gasteiger partial charge is 0.467 e. The summed E-state index contributed by atoms with van der Waals surface area (Å²) >= 11 is 5.21. The van der Waals surface area contributed by atoms with Gasteiger partial charge in [-0.2, -0.15) is 5.10 Å². The van der Waals surface area contributed by atoms with E-state index in [0.717, 1.165) is 11.3 Å². The number of nitrogens with one attached hydrogen (secondary N) is 2. The molecular formula is C16H15FN4OS. The summed E-state index contributed by atoms with van der Waals surface area (Å²) in [5, 5.41) is 10.9. The van der Waals surface area contributed by atoms with Crippen LogP contribution in [-0.4, -0.2) is 14.9 Å². The van der Waals surface area contributed by atoms with E-state index in [9.17, 15) is 4.39 Å². The summed E-state index contributed by atoms with van der Waals surface area (Å²) in [6, 6.07) is 11.9. The highest BCUT2D eigenvalue weighted by atomic mass is 32.1. The Morgan fingerprint density at radius 3 is 2.78 bits per heavy atom. The Labute approximate surface area is 138 Å². The summed E-state index contributed by atoms with van der Waals surface area (Å²) < 4.78 is 19.9. The number of halogens is 1. The minimum Gasteiger partial charge on any atom is -0.467 e. The first kappa shape index (κ1) is 15.2. The lowest BCUT2D eigenvalue weighted by molar-refractivity contribution is 0.503. The van der Waals surface area contributed by atoms with Crippen LogP contribution in [0.25, 0.3) is 0 Å². The highest BCUT2D eigenvalue weighted by molar-refractivity contribution is 7.80. The van der Waals surface area contributed by atoms with Crippen molar-refractivity contribution in [3.8, 4) is 0 Å². The molecule has 2 N–H and O–H groups in total. The zero-order valence-corrected chi connectivity index (χ0v) is 13.0. The van der Waals surface area contributed by atoms with Gasteiger partial charge in [-0.25, -0.2) is 4.39 Å². The maximum absolute atomic E-state index is 12.9. The van der Waals surface area contributed by atoms with Crippen molar-refractivity contribution >= 4 is 23.1 Å². The maximum Gasteiger partial charge on any atom is 0.172 e. The van der Waals surface area contributed by atoms with Crippen molar-refractivity contribution in [2.75, 3.05) is 5.32 Å². The van der Waals surface area contributed by atoms with E-state index in [0.29, 0.717) is 24.0 Å². The second kappa shape index (κ2) is 7.06. The lowest BCUT2D eigenvalue weighted by atomic mass is 10.2. The van der Waals surface area contributed by atoms with Crippen LogP contribution in [0.1, 0.15) is 11.3 Å². The van der Waals surface area contributed by atoms with Crippen LogP contribution in [-0.2, 0) is 13.1 Å². The summed E-state index contributed by atoms with van der Waals surface area (Å²) in [4.78, 5) is 0. The molecule has 23 heavy (non-hydrogen) atoms. The summed E-state index contributed by atoms with van der Waals surface area (Å²) in [6.07, 6.45) is 3.45. The van der Waals surface area contributed by atoms with E-state index >= 15 is 0 Å². The van der Waals surface area contributed by atoms with Gasteiger partial charge < -0.3 is 15.1 Å². The normalized spacial score (nSPS) is 10.5. The van der Waals surface area contributed by atoms with E-state index in [1.54, 1.807) is 23.1 Å². The second-order valence-corrected chi connectivity index (χ2v) is 5.32. The summed E-state index contributed by atoms with van der Waals surface area (Å²) in [6.45, 7) is 1.07. The van der Waals surface area contributed by atoms with Crippen molar-refractivity contribution < 1.29 is 8.81 Å². The molecule has 0 spiro atoms. The standard InChI is InChI=1S/C16H15FN4OS/c17-13-5-3-12(4-6-13)11-21-8-7-15(20-21)19-16(23)18-10-14-2-1-9-22-14/h1-9H,10-11H2,(H2,18,19,20,23). The molecule has 3 aromatic rings. The third-order valence-electron chi connectivity index (χ3n) is 3.14. The zero-order valence-electron chi connectivity index (χ0n) is 12.2. The molecule has 0 aliphatic heterocycles. The van der Waals surface area contributed by atoms with Gasteiger partial charge in [0.15, 0.2) is 10.9 Å². The molecule has 7 heteroatoms. The number of nitrogens with zero attached hydrogens (tertiary/aromatic N) is 2. The van der Waals surface area contributed by atoms with Gasteiger partial charge in [-0.3, -0.25) is 4.68 Å². The van der Waals surface area contributed by atoms with Gasteiger partial charge in [-0.05, 0) is 42.0 Å². The topological polar surface area (TPSA) is 55.0 Å². The van der Waals surface area contributed by atoms with Crippen LogP contribution < -0.4 is 10.6 Å². The van der Waals surface area contributed by atoms with Crippen LogP contribution in [0, 0.1) is 5.82 Å². The highest BCUT2D eigenvalue weighted by Crippen LogP contribution is 2.08. The van der Waals surface area contributed by atoms with E-state index in [4.69, 9.17) is 16.6 Å². The first-order chi connectivity index (χ1) is 11.2. The molecule has 0 aliphatic rings. The summed E-state index contributed by atoms with van der Waals surface area (Å²) in [7, 11) is 0. The molecule has 0 saturated carbocycles. The van der Waals surface area contributed by atoms with E-state index in [1.165, 1.54) is 12.1 Å². The number of furan rings is 1. The fourth-order valence-electron chi connectivity index (χ4n) is 2.03. The van der Waals surface area contributed by atoms with E-state index in [2.05, 4.69) is 15.7 Å². The molecule has 2 heterocycles. The van der Waals surface area contributed by atoms with Gasteiger partial charge in [-0.1, -0.05) is 12.1 Å². The average Bonchev–Trinajstić information content (AvgIpc) is 3.20. The summed E-state index contributed by atoms with van der Waals surface area (Å²) in [5.41, 5.74) is 0.972. The third kappa shape index (κ3) is 4.40. The third-order valence-corrected chi connectivity index (χ3v) is 3.39.